The Morgan fingerprint density at radius 1 is 0.812 bits per heavy atom. The highest BCUT2D eigenvalue weighted by Crippen LogP contribution is 2.26. The van der Waals surface area contributed by atoms with Crippen molar-refractivity contribution < 1.29 is 48.8 Å². The molecule has 0 unspecified atom stereocenters. The molecular weight excluding hydrogens is 280 g/mol. The lowest BCUT2D eigenvalue weighted by molar-refractivity contribution is -0.742. The van der Waals surface area contributed by atoms with Crippen molar-refractivity contribution in [2.45, 2.75) is 0 Å². The van der Waals surface area contributed by atoms with E-state index in [1.165, 1.54) is 0 Å². The molecule has 0 saturated heterocycles. The van der Waals surface area contributed by atoms with Crippen molar-refractivity contribution in [2.24, 2.45) is 0 Å². The summed E-state index contributed by atoms with van der Waals surface area (Å²) in [5.41, 5.74) is 0. The Morgan fingerprint density at radius 3 is 0.812 bits per heavy atom. The van der Waals surface area contributed by atoms with E-state index >= 15 is 0 Å². The Morgan fingerprint density at radius 2 is 0.812 bits per heavy atom. The van der Waals surface area contributed by atoms with Gasteiger partial charge in [0.1, 0.15) is 0 Å². The van der Waals surface area contributed by atoms with E-state index in [1.54, 1.807) is 0 Å². The summed E-state index contributed by atoms with van der Waals surface area (Å²) >= 11 is 0. The minimum absolute atomic E-state index is 0. The molecule has 0 fully saturated rings. The van der Waals surface area contributed by atoms with Crippen molar-refractivity contribution in [1.29, 1.82) is 0 Å². The molecule has 0 rings (SSSR count). The Hall–Kier alpha value is -0.660. The zero-order chi connectivity index (χ0) is 12.6. The van der Waals surface area contributed by atoms with Crippen LogP contribution in [0.15, 0.2) is 0 Å². The van der Waals surface area contributed by atoms with Crippen molar-refractivity contribution in [3.05, 3.63) is 10.1 Å². The molecule has 0 aliphatic rings. The summed E-state index contributed by atoms with van der Waals surface area (Å²) < 4.78 is 17.8. The topological polar surface area (TPSA) is 289 Å². The third kappa shape index (κ3) is 4660. The van der Waals surface area contributed by atoms with Gasteiger partial charge < -0.3 is 46.9 Å². The third-order valence-corrected chi connectivity index (χ3v) is 0. The number of nitrogens with zero attached hydrogens (tertiary/aromatic N) is 1. The maximum atomic E-state index is 8.88. The Kier molecular flexibility index (Phi) is 22.9. The zero-order valence-electron chi connectivity index (χ0n) is 7.52. The van der Waals surface area contributed by atoms with Crippen molar-refractivity contribution in [1.82, 2.24) is 12.3 Å². The Balaban J connectivity index is -0.0000000358. The van der Waals surface area contributed by atoms with Gasteiger partial charge in [-0.05, 0) is 0 Å². The van der Waals surface area contributed by atoms with Crippen molar-refractivity contribution >= 4 is 15.6 Å². The lowest BCUT2D eigenvalue weighted by Gasteiger charge is -1.82. The van der Waals surface area contributed by atoms with Crippen LogP contribution in [0, 0.1) is 10.1 Å². The largest absolute Gasteiger partial charge is 0.466 e. The molecule has 0 aliphatic heterocycles. The van der Waals surface area contributed by atoms with E-state index in [2.05, 4.69) is 0 Å². The number of hydrogen-bond donors (Lipinski definition) is 9. The van der Waals surface area contributed by atoms with Gasteiger partial charge in [0.15, 0.2) is 0 Å². The molecule has 0 radical (unpaired) electrons. The van der Waals surface area contributed by atoms with E-state index in [4.69, 9.17) is 53.8 Å². The first-order valence-corrected chi connectivity index (χ1v) is 5.26. The summed E-state index contributed by atoms with van der Waals surface area (Å²) in [6, 6.07) is 0. The standard InChI is InChI=1S/HNO3.2H3N.2H3O4P/c2-1(3)4;;;2*1-5(2,3)4/h(H,2,3,4);2*1H3;2*(H3,1,2,3,4). The SMILES string of the molecule is N.N.O=P(O)(O)O.O=P(O)(O)O.O=[N+]([O-])O. The first-order valence-electron chi connectivity index (χ1n) is 2.13. The Bertz CT molecular complexity index is 195. The lowest BCUT2D eigenvalue weighted by Crippen LogP contribution is -1.81. The van der Waals surface area contributed by atoms with Gasteiger partial charge in [0.05, 0.1) is 0 Å². The summed E-state index contributed by atoms with van der Waals surface area (Å²) in [6.45, 7) is 0. The Labute approximate surface area is 87.9 Å². The van der Waals surface area contributed by atoms with E-state index in [-0.39, 0.29) is 12.3 Å². The highest BCUT2D eigenvalue weighted by Gasteiger charge is 2.00. The van der Waals surface area contributed by atoms with Gasteiger partial charge in [-0.1, -0.05) is 0 Å². The van der Waals surface area contributed by atoms with Gasteiger partial charge in [0, 0.05) is 0 Å². The highest BCUT2D eigenvalue weighted by molar-refractivity contribution is 7.45. The number of phosphoric acid groups is 2. The van der Waals surface area contributed by atoms with Gasteiger partial charge in [-0.25, -0.2) is 9.13 Å². The molecule has 0 amide bonds. The van der Waals surface area contributed by atoms with E-state index < -0.39 is 20.7 Å². The normalized spacial score (nSPS) is 8.88. The second kappa shape index (κ2) is 12.4. The van der Waals surface area contributed by atoms with E-state index in [0.717, 1.165) is 0 Å². The van der Waals surface area contributed by atoms with Crippen LogP contribution in [0.2, 0.25) is 0 Å². The second-order valence-electron chi connectivity index (χ2n) is 1.26. The molecule has 0 aromatic rings. The molecule has 16 heavy (non-hydrogen) atoms. The first-order chi connectivity index (χ1) is 5.73. The minimum atomic E-state index is -4.64. The fourth-order valence-corrected chi connectivity index (χ4v) is 0. The molecule has 0 aromatic carbocycles. The molecule has 14 nitrogen and oxygen atoms in total. The fourth-order valence-electron chi connectivity index (χ4n) is 0. The van der Waals surface area contributed by atoms with Gasteiger partial charge in [-0.3, -0.25) is 0 Å². The molecule has 104 valence electrons. The van der Waals surface area contributed by atoms with Crippen LogP contribution in [0.4, 0.5) is 0 Å². The van der Waals surface area contributed by atoms with Gasteiger partial charge >= 0.3 is 15.6 Å². The number of hydrogen-bond acceptors (Lipinski definition) is 6. The molecule has 0 atom stereocenters. The summed E-state index contributed by atoms with van der Waals surface area (Å²) in [7, 11) is -9.28. The van der Waals surface area contributed by atoms with E-state index in [0.29, 0.717) is 0 Å². The number of rotatable bonds is 0. The molecule has 0 spiro atoms. The molecule has 13 N–H and O–H groups in total. The molecular formula is H13N3O11P2. The van der Waals surface area contributed by atoms with Crippen LogP contribution in [0.5, 0.6) is 0 Å². The van der Waals surface area contributed by atoms with Gasteiger partial charge in [-0.2, -0.15) is 0 Å². The van der Waals surface area contributed by atoms with Crippen LogP contribution in [0.3, 0.4) is 0 Å². The molecule has 0 aliphatic carbocycles. The summed E-state index contributed by atoms with van der Waals surface area (Å²) in [5, 5.41) is 13.6. The average Bonchev–Trinajstić information content (AvgIpc) is 1.45. The third-order valence-electron chi connectivity index (χ3n) is 0. The quantitative estimate of drug-likeness (QED) is 0.134. The molecule has 16 heteroatoms. The van der Waals surface area contributed by atoms with Crippen LogP contribution < -0.4 is 12.3 Å². The van der Waals surface area contributed by atoms with Crippen LogP contribution in [0.25, 0.3) is 0 Å². The van der Waals surface area contributed by atoms with Crippen LogP contribution in [-0.4, -0.2) is 39.7 Å². The smallest absolute Gasteiger partial charge is 0.344 e. The highest BCUT2D eigenvalue weighted by atomic mass is 31.2. The summed E-state index contributed by atoms with van der Waals surface area (Å²) in [5.74, 6) is 0. The zero-order valence-corrected chi connectivity index (χ0v) is 9.31. The molecule has 0 heterocycles. The van der Waals surface area contributed by atoms with Crippen molar-refractivity contribution in [3.63, 3.8) is 0 Å². The molecule has 0 saturated carbocycles. The second-order valence-corrected chi connectivity index (χ2v) is 3.32. The van der Waals surface area contributed by atoms with Crippen molar-refractivity contribution in [2.75, 3.05) is 0 Å². The predicted octanol–water partition coefficient (Wildman–Crippen LogP) is -1.88. The fraction of sp³-hybridized carbons (Fsp3) is 0. The molecule has 0 bridgehead atoms. The van der Waals surface area contributed by atoms with E-state index in [9.17, 15) is 0 Å². The van der Waals surface area contributed by atoms with Crippen LogP contribution >= 0.6 is 15.6 Å². The van der Waals surface area contributed by atoms with Gasteiger partial charge in [-0.15, -0.1) is 10.1 Å². The van der Waals surface area contributed by atoms with Crippen molar-refractivity contribution in [3.8, 4) is 0 Å². The predicted molar refractivity (Wildman–Crippen MR) is 47.4 cm³/mol. The van der Waals surface area contributed by atoms with E-state index in [1.807, 2.05) is 0 Å². The maximum Gasteiger partial charge on any atom is 0.466 e. The monoisotopic (exact) mass is 293 g/mol. The van der Waals surface area contributed by atoms with Crippen LogP contribution in [-0.2, 0) is 9.13 Å². The van der Waals surface area contributed by atoms with Crippen LogP contribution in [0.1, 0.15) is 0 Å². The minimum Gasteiger partial charge on any atom is -0.344 e. The van der Waals surface area contributed by atoms with Gasteiger partial charge in [0.2, 0.25) is 0 Å². The summed E-state index contributed by atoms with van der Waals surface area (Å²) in [6.07, 6.45) is 0. The average molecular weight is 293 g/mol. The van der Waals surface area contributed by atoms with Gasteiger partial charge in [0.25, 0.3) is 5.09 Å². The lowest BCUT2D eigenvalue weighted by atomic mass is 13.1. The maximum absolute atomic E-state index is 8.88. The first kappa shape index (κ1) is 29.5. The summed E-state index contributed by atoms with van der Waals surface area (Å²) in [4.78, 5) is 51.5. The molecule has 0 aromatic heterocycles.